The molecule has 0 bridgehead atoms. The van der Waals surface area contributed by atoms with Gasteiger partial charge in [0.25, 0.3) is 0 Å². The summed E-state index contributed by atoms with van der Waals surface area (Å²) in [7, 11) is 0. The van der Waals surface area contributed by atoms with Gasteiger partial charge in [-0.25, -0.2) is 4.79 Å². The molecule has 0 aromatic heterocycles. The molecule has 2 fully saturated rings. The van der Waals surface area contributed by atoms with Gasteiger partial charge in [-0.15, -0.1) is 0 Å². The highest BCUT2D eigenvalue weighted by molar-refractivity contribution is 9.10. The number of hydrogen-bond acceptors (Lipinski definition) is 3. The summed E-state index contributed by atoms with van der Waals surface area (Å²) in [5.74, 6) is 0.246. The van der Waals surface area contributed by atoms with E-state index in [0.717, 1.165) is 22.9 Å². The fourth-order valence-corrected chi connectivity index (χ4v) is 3.92. The zero-order chi connectivity index (χ0) is 18.5. The van der Waals surface area contributed by atoms with E-state index in [4.69, 9.17) is 4.74 Å². The minimum absolute atomic E-state index is 0.0275. The molecular weight excluding hydrogens is 398 g/mol. The largest absolute Gasteiger partial charge is 0.378 e. The van der Waals surface area contributed by atoms with Crippen LogP contribution in [0.4, 0.5) is 4.79 Å². The van der Waals surface area contributed by atoms with Crippen molar-refractivity contribution < 1.29 is 14.3 Å². The standard InChI is InChI=1S/C19H26BrN3O3/c1-14(16-3-2-4-17(20)13-16)21-19(25)23-7-5-15(6-8-23)18(24)22-9-11-26-12-10-22/h2-4,13-15H,5-12H2,1H3,(H,21,25)/t14-/m0/s1. The molecule has 2 aliphatic rings. The van der Waals surface area contributed by atoms with Crippen LogP contribution in [0.2, 0.25) is 0 Å². The summed E-state index contributed by atoms with van der Waals surface area (Å²) in [6.07, 6.45) is 1.46. The number of ether oxygens (including phenoxy) is 1. The summed E-state index contributed by atoms with van der Waals surface area (Å²) in [6, 6.07) is 7.82. The van der Waals surface area contributed by atoms with Crippen LogP contribution in [0.15, 0.2) is 28.7 Å². The Bertz CT molecular complexity index is 641. The molecule has 3 amide bonds. The molecule has 2 aliphatic heterocycles. The number of nitrogens with one attached hydrogen (secondary N) is 1. The molecule has 1 N–H and O–H groups in total. The fraction of sp³-hybridized carbons (Fsp3) is 0.579. The Kier molecular flexibility index (Phi) is 6.53. The van der Waals surface area contributed by atoms with E-state index in [1.807, 2.05) is 41.0 Å². The maximum atomic E-state index is 12.6. The van der Waals surface area contributed by atoms with Crippen LogP contribution in [0.5, 0.6) is 0 Å². The van der Waals surface area contributed by atoms with Gasteiger partial charge in [-0.1, -0.05) is 28.1 Å². The summed E-state index contributed by atoms with van der Waals surface area (Å²) in [6.45, 7) is 5.85. The van der Waals surface area contributed by atoms with Gasteiger partial charge in [0.05, 0.1) is 19.3 Å². The molecule has 0 unspecified atom stereocenters. The first-order chi connectivity index (χ1) is 12.5. The number of piperidine rings is 1. The average Bonchev–Trinajstić information content (AvgIpc) is 2.68. The SMILES string of the molecule is C[C@H](NC(=O)N1CCC(C(=O)N2CCOCC2)CC1)c1cccc(Br)c1. The zero-order valence-electron chi connectivity index (χ0n) is 15.1. The fourth-order valence-electron chi connectivity index (χ4n) is 3.51. The molecular formula is C19H26BrN3O3. The molecule has 0 aliphatic carbocycles. The predicted octanol–water partition coefficient (Wildman–Crippen LogP) is 2.79. The Labute approximate surface area is 163 Å². The first-order valence-electron chi connectivity index (χ1n) is 9.22. The van der Waals surface area contributed by atoms with Gasteiger partial charge < -0.3 is 19.9 Å². The number of hydrogen-bond donors (Lipinski definition) is 1. The number of halogens is 1. The van der Waals surface area contributed by atoms with Crippen LogP contribution < -0.4 is 5.32 Å². The second kappa shape index (κ2) is 8.86. The Hall–Kier alpha value is -1.60. The molecule has 7 heteroatoms. The molecule has 0 spiro atoms. The van der Waals surface area contributed by atoms with E-state index < -0.39 is 0 Å². The highest BCUT2D eigenvalue weighted by Gasteiger charge is 2.31. The van der Waals surface area contributed by atoms with Gasteiger partial charge in [0, 0.05) is 36.6 Å². The van der Waals surface area contributed by atoms with Crippen molar-refractivity contribution in [2.24, 2.45) is 5.92 Å². The molecule has 0 radical (unpaired) electrons. The van der Waals surface area contributed by atoms with E-state index in [1.54, 1.807) is 0 Å². The summed E-state index contributed by atoms with van der Waals surface area (Å²) in [4.78, 5) is 28.8. The zero-order valence-corrected chi connectivity index (χ0v) is 16.7. The molecule has 2 heterocycles. The number of benzene rings is 1. The Morgan fingerprint density at radius 3 is 2.50 bits per heavy atom. The van der Waals surface area contributed by atoms with Crippen LogP contribution in [0.3, 0.4) is 0 Å². The summed E-state index contributed by atoms with van der Waals surface area (Å²) in [5.41, 5.74) is 1.06. The van der Waals surface area contributed by atoms with Crippen molar-refractivity contribution in [3.8, 4) is 0 Å². The highest BCUT2D eigenvalue weighted by atomic mass is 79.9. The Balaban J connectivity index is 1.48. The van der Waals surface area contributed by atoms with Gasteiger partial charge in [0.2, 0.25) is 5.91 Å². The van der Waals surface area contributed by atoms with E-state index in [1.165, 1.54) is 0 Å². The lowest BCUT2D eigenvalue weighted by molar-refractivity contribution is -0.141. The first kappa shape index (κ1) is 19.2. The lowest BCUT2D eigenvalue weighted by Gasteiger charge is -2.35. The quantitative estimate of drug-likeness (QED) is 0.812. The third-order valence-electron chi connectivity index (χ3n) is 5.14. The van der Waals surface area contributed by atoms with Gasteiger partial charge in [0.1, 0.15) is 0 Å². The third kappa shape index (κ3) is 4.76. The summed E-state index contributed by atoms with van der Waals surface area (Å²) in [5, 5.41) is 3.05. The molecule has 0 saturated carbocycles. The van der Waals surface area contributed by atoms with Crippen molar-refractivity contribution in [1.82, 2.24) is 15.1 Å². The molecule has 2 saturated heterocycles. The van der Waals surface area contributed by atoms with Gasteiger partial charge >= 0.3 is 6.03 Å². The van der Waals surface area contributed by atoms with Crippen LogP contribution in [0.25, 0.3) is 0 Å². The Morgan fingerprint density at radius 2 is 1.85 bits per heavy atom. The van der Waals surface area contributed by atoms with E-state index in [-0.39, 0.29) is 23.9 Å². The lowest BCUT2D eigenvalue weighted by Crippen LogP contribution is -2.49. The number of urea groups is 1. The molecule has 6 nitrogen and oxygen atoms in total. The second-order valence-electron chi connectivity index (χ2n) is 6.93. The first-order valence-corrected chi connectivity index (χ1v) is 10.0. The molecule has 1 aromatic rings. The van der Waals surface area contributed by atoms with Crippen LogP contribution >= 0.6 is 15.9 Å². The van der Waals surface area contributed by atoms with Crippen LogP contribution in [0, 0.1) is 5.92 Å². The van der Waals surface area contributed by atoms with Crippen molar-refractivity contribution in [2.75, 3.05) is 39.4 Å². The molecule has 1 atom stereocenters. The number of nitrogens with zero attached hydrogens (tertiary/aromatic N) is 2. The molecule has 1 aromatic carbocycles. The smallest absolute Gasteiger partial charge is 0.317 e. The summed E-state index contributed by atoms with van der Waals surface area (Å²) >= 11 is 3.46. The minimum Gasteiger partial charge on any atom is -0.378 e. The van der Waals surface area contributed by atoms with Crippen LogP contribution in [-0.2, 0) is 9.53 Å². The lowest BCUT2D eigenvalue weighted by atomic mass is 9.95. The predicted molar refractivity (Wildman–Crippen MR) is 103 cm³/mol. The number of likely N-dealkylation sites (tertiary alicyclic amines) is 1. The minimum atomic E-state index is -0.0623. The average molecular weight is 424 g/mol. The van der Waals surface area contributed by atoms with Gasteiger partial charge in [0.15, 0.2) is 0 Å². The van der Waals surface area contributed by atoms with Gasteiger partial charge in [-0.2, -0.15) is 0 Å². The van der Waals surface area contributed by atoms with Gasteiger partial charge in [-0.05, 0) is 37.5 Å². The van der Waals surface area contributed by atoms with E-state index in [0.29, 0.717) is 39.4 Å². The van der Waals surface area contributed by atoms with Crippen molar-refractivity contribution in [3.63, 3.8) is 0 Å². The number of morpholine rings is 1. The Morgan fingerprint density at radius 1 is 1.15 bits per heavy atom. The molecule has 142 valence electrons. The van der Waals surface area contributed by atoms with Crippen molar-refractivity contribution in [3.05, 3.63) is 34.3 Å². The third-order valence-corrected chi connectivity index (χ3v) is 5.64. The number of carbonyl (C=O) groups is 2. The van der Waals surface area contributed by atoms with Crippen molar-refractivity contribution in [1.29, 1.82) is 0 Å². The normalized spacial score (nSPS) is 19.9. The second-order valence-corrected chi connectivity index (χ2v) is 7.84. The number of carbonyl (C=O) groups excluding carboxylic acids is 2. The number of amides is 3. The molecule has 26 heavy (non-hydrogen) atoms. The maximum absolute atomic E-state index is 12.6. The summed E-state index contributed by atoms with van der Waals surface area (Å²) < 4.78 is 6.31. The highest BCUT2D eigenvalue weighted by Crippen LogP contribution is 2.22. The number of rotatable bonds is 3. The van der Waals surface area contributed by atoms with Crippen LogP contribution in [0.1, 0.15) is 31.4 Å². The van der Waals surface area contributed by atoms with E-state index in [2.05, 4.69) is 21.2 Å². The van der Waals surface area contributed by atoms with Crippen LogP contribution in [-0.4, -0.2) is 61.1 Å². The topological polar surface area (TPSA) is 61.9 Å². The monoisotopic (exact) mass is 423 g/mol. The van der Waals surface area contributed by atoms with E-state index >= 15 is 0 Å². The van der Waals surface area contributed by atoms with Crippen molar-refractivity contribution >= 4 is 27.9 Å². The molecule has 3 rings (SSSR count). The van der Waals surface area contributed by atoms with Gasteiger partial charge in [-0.3, -0.25) is 4.79 Å². The maximum Gasteiger partial charge on any atom is 0.317 e. The van der Waals surface area contributed by atoms with Crippen molar-refractivity contribution in [2.45, 2.75) is 25.8 Å². The van der Waals surface area contributed by atoms with E-state index in [9.17, 15) is 9.59 Å².